The number of hydrogen-bond donors (Lipinski definition) is 3. The molecule has 0 radical (unpaired) electrons. The Balaban J connectivity index is 1.68. The first-order valence-electron chi connectivity index (χ1n) is 6.86. The zero-order valence-electron chi connectivity index (χ0n) is 12.1. The number of anilines is 1. The van der Waals surface area contributed by atoms with E-state index in [1.165, 1.54) is 12.3 Å². The molecule has 3 N–H and O–H groups in total. The fourth-order valence-corrected chi connectivity index (χ4v) is 2.23. The maximum absolute atomic E-state index is 13.4. The maximum atomic E-state index is 13.4. The Morgan fingerprint density at radius 3 is 2.70 bits per heavy atom. The fraction of sp³-hybridized carbons (Fsp3) is 0.200. The molecule has 122 valence electrons. The number of nitrogens with one attached hydrogen (secondary N) is 3. The van der Waals surface area contributed by atoms with E-state index in [0.29, 0.717) is 34.5 Å². The van der Waals surface area contributed by atoms with Crippen LogP contribution in [0.25, 0.3) is 0 Å². The number of rotatable bonds is 6. The van der Waals surface area contributed by atoms with Crippen LogP contribution in [0.15, 0.2) is 36.5 Å². The van der Waals surface area contributed by atoms with Crippen LogP contribution >= 0.6 is 23.2 Å². The predicted octanol–water partition coefficient (Wildman–Crippen LogP) is 3.44. The average molecular weight is 357 g/mol. The highest BCUT2D eigenvalue weighted by molar-refractivity contribution is 6.35. The van der Waals surface area contributed by atoms with E-state index >= 15 is 0 Å². The molecule has 5 nitrogen and oxygen atoms in total. The summed E-state index contributed by atoms with van der Waals surface area (Å²) >= 11 is 11.7. The number of hydrogen-bond acceptors (Lipinski definition) is 3. The van der Waals surface area contributed by atoms with Crippen molar-refractivity contribution in [2.75, 3.05) is 18.4 Å². The second-order valence-electron chi connectivity index (χ2n) is 4.61. The van der Waals surface area contributed by atoms with Crippen molar-refractivity contribution in [3.05, 3.63) is 58.0 Å². The van der Waals surface area contributed by atoms with Gasteiger partial charge in [-0.1, -0.05) is 41.4 Å². The van der Waals surface area contributed by atoms with Crippen molar-refractivity contribution in [2.45, 2.75) is 6.54 Å². The van der Waals surface area contributed by atoms with Crippen LogP contribution in [-0.4, -0.2) is 24.1 Å². The minimum atomic E-state index is -0.384. The van der Waals surface area contributed by atoms with Gasteiger partial charge >= 0.3 is 6.03 Å². The number of nitrogens with zero attached hydrogens (tertiary/aromatic N) is 1. The zero-order valence-corrected chi connectivity index (χ0v) is 13.6. The van der Waals surface area contributed by atoms with Gasteiger partial charge in [0.25, 0.3) is 0 Å². The Morgan fingerprint density at radius 1 is 1.17 bits per heavy atom. The topological polar surface area (TPSA) is 66.0 Å². The lowest BCUT2D eigenvalue weighted by atomic mass is 10.2. The van der Waals surface area contributed by atoms with Gasteiger partial charge in [-0.3, -0.25) is 0 Å². The van der Waals surface area contributed by atoms with E-state index in [2.05, 4.69) is 20.9 Å². The quantitative estimate of drug-likeness (QED) is 0.694. The molecular formula is C15H15Cl2FN4O. The van der Waals surface area contributed by atoms with Crippen LogP contribution in [0.1, 0.15) is 5.56 Å². The highest BCUT2D eigenvalue weighted by atomic mass is 35.5. The van der Waals surface area contributed by atoms with Crippen molar-refractivity contribution in [2.24, 2.45) is 0 Å². The summed E-state index contributed by atoms with van der Waals surface area (Å²) in [6, 6.07) is 7.47. The zero-order chi connectivity index (χ0) is 16.7. The van der Waals surface area contributed by atoms with Crippen molar-refractivity contribution in [1.82, 2.24) is 15.6 Å². The molecule has 0 atom stereocenters. The summed E-state index contributed by atoms with van der Waals surface area (Å²) < 4.78 is 13.4. The van der Waals surface area contributed by atoms with Crippen molar-refractivity contribution in [3.8, 4) is 0 Å². The van der Waals surface area contributed by atoms with Crippen LogP contribution in [0.5, 0.6) is 0 Å². The molecule has 0 aliphatic carbocycles. The smallest absolute Gasteiger partial charge is 0.315 e. The first kappa shape index (κ1) is 17.3. The van der Waals surface area contributed by atoms with Crippen molar-refractivity contribution < 1.29 is 9.18 Å². The van der Waals surface area contributed by atoms with E-state index < -0.39 is 0 Å². The van der Waals surface area contributed by atoms with E-state index in [0.717, 1.165) is 0 Å². The highest BCUT2D eigenvalue weighted by Gasteiger charge is 2.05. The number of amides is 2. The van der Waals surface area contributed by atoms with Crippen LogP contribution in [-0.2, 0) is 6.54 Å². The molecule has 0 aliphatic heterocycles. The minimum Gasteiger partial charge on any atom is -0.367 e. The molecule has 0 spiro atoms. The average Bonchev–Trinajstić information content (AvgIpc) is 2.52. The normalized spacial score (nSPS) is 10.2. The first-order valence-corrected chi connectivity index (χ1v) is 7.62. The molecule has 0 saturated carbocycles. The Hall–Kier alpha value is -2.05. The largest absolute Gasteiger partial charge is 0.367 e. The second kappa shape index (κ2) is 8.55. The van der Waals surface area contributed by atoms with Crippen LogP contribution < -0.4 is 16.0 Å². The Bertz CT molecular complexity index is 684. The molecule has 0 saturated heterocycles. The number of urea groups is 1. The number of benzene rings is 1. The van der Waals surface area contributed by atoms with Gasteiger partial charge in [-0.05, 0) is 12.1 Å². The first-order chi connectivity index (χ1) is 11.1. The molecule has 0 aliphatic rings. The van der Waals surface area contributed by atoms with Gasteiger partial charge in [-0.2, -0.15) is 0 Å². The molecule has 2 aromatic rings. The van der Waals surface area contributed by atoms with Crippen molar-refractivity contribution >= 4 is 35.1 Å². The standard InChI is InChI=1S/C15H15Cl2FN4O/c16-11-7-12(17)14(21-9-11)19-5-6-20-15(23)22-8-10-3-1-2-4-13(10)18/h1-4,7,9H,5-6,8H2,(H,19,21)(H2,20,22,23). The van der Waals surface area contributed by atoms with E-state index in [-0.39, 0.29) is 18.4 Å². The second-order valence-corrected chi connectivity index (χ2v) is 5.46. The van der Waals surface area contributed by atoms with Gasteiger partial charge in [-0.25, -0.2) is 14.2 Å². The van der Waals surface area contributed by atoms with Gasteiger partial charge in [-0.15, -0.1) is 0 Å². The summed E-state index contributed by atoms with van der Waals surface area (Å²) in [5, 5.41) is 9.05. The monoisotopic (exact) mass is 356 g/mol. The minimum absolute atomic E-state index is 0.122. The third-order valence-corrected chi connectivity index (χ3v) is 3.40. The maximum Gasteiger partial charge on any atom is 0.315 e. The van der Waals surface area contributed by atoms with Crippen LogP contribution in [0, 0.1) is 5.82 Å². The van der Waals surface area contributed by atoms with Crippen molar-refractivity contribution in [1.29, 1.82) is 0 Å². The lowest BCUT2D eigenvalue weighted by Crippen LogP contribution is -2.37. The fourth-order valence-electron chi connectivity index (χ4n) is 1.78. The van der Waals surface area contributed by atoms with Crippen LogP contribution in [0.3, 0.4) is 0 Å². The number of carbonyl (C=O) groups excluding carboxylic acids is 1. The molecule has 1 aromatic carbocycles. The van der Waals surface area contributed by atoms with E-state index in [1.54, 1.807) is 24.3 Å². The van der Waals surface area contributed by atoms with Gasteiger partial charge in [0.2, 0.25) is 0 Å². The molecule has 2 amide bonds. The Kier molecular flexibility index (Phi) is 6.43. The van der Waals surface area contributed by atoms with Gasteiger partial charge < -0.3 is 16.0 Å². The molecule has 0 unspecified atom stereocenters. The lowest BCUT2D eigenvalue weighted by Gasteiger charge is -2.10. The number of pyridine rings is 1. The summed E-state index contributed by atoms with van der Waals surface area (Å²) in [4.78, 5) is 15.7. The molecule has 0 fully saturated rings. The van der Waals surface area contributed by atoms with Gasteiger partial charge in [0.05, 0.1) is 10.0 Å². The molecule has 23 heavy (non-hydrogen) atoms. The van der Waals surface area contributed by atoms with E-state index in [4.69, 9.17) is 23.2 Å². The summed E-state index contributed by atoms with van der Waals surface area (Å²) in [7, 11) is 0. The Morgan fingerprint density at radius 2 is 1.96 bits per heavy atom. The van der Waals surface area contributed by atoms with Crippen LogP contribution in [0.4, 0.5) is 15.0 Å². The number of aromatic nitrogens is 1. The van der Waals surface area contributed by atoms with E-state index in [9.17, 15) is 9.18 Å². The molecule has 1 heterocycles. The molecule has 0 bridgehead atoms. The van der Waals surface area contributed by atoms with Gasteiger partial charge in [0, 0.05) is 31.4 Å². The molecule has 1 aromatic heterocycles. The third kappa shape index (κ3) is 5.58. The summed E-state index contributed by atoms with van der Waals surface area (Å²) in [5.41, 5.74) is 0.429. The van der Waals surface area contributed by atoms with E-state index in [1.807, 2.05) is 0 Å². The molecule has 2 rings (SSSR count). The Labute approximate surface area is 143 Å². The SMILES string of the molecule is O=C(NCCNc1ncc(Cl)cc1Cl)NCc1ccccc1F. The lowest BCUT2D eigenvalue weighted by molar-refractivity contribution is 0.241. The number of carbonyl (C=O) groups is 1. The molecular weight excluding hydrogens is 342 g/mol. The summed E-state index contributed by atoms with van der Waals surface area (Å²) in [6.07, 6.45) is 1.48. The molecule has 8 heteroatoms. The van der Waals surface area contributed by atoms with Crippen LogP contribution in [0.2, 0.25) is 10.0 Å². The predicted molar refractivity (Wildman–Crippen MR) is 89.4 cm³/mol. The highest BCUT2D eigenvalue weighted by Crippen LogP contribution is 2.21. The van der Waals surface area contributed by atoms with Crippen molar-refractivity contribution in [3.63, 3.8) is 0 Å². The summed E-state index contributed by atoms with van der Waals surface area (Å²) in [5.74, 6) is 0.141. The van der Waals surface area contributed by atoms with Gasteiger partial charge in [0.15, 0.2) is 0 Å². The number of halogens is 3. The van der Waals surface area contributed by atoms with Gasteiger partial charge in [0.1, 0.15) is 11.6 Å². The third-order valence-electron chi connectivity index (χ3n) is 2.91. The summed E-state index contributed by atoms with van der Waals surface area (Å²) in [6.45, 7) is 0.904.